The van der Waals surface area contributed by atoms with Crippen molar-refractivity contribution in [3.8, 4) is 10.7 Å². The molecule has 8 nitrogen and oxygen atoms in total. The van der Waals surface area contributed by atoms with E-state index in [4.69, 9.17) is 4.52 Å². The lowest BCUT2D eigenvalue weighted by Gasteiger charge is -2.33. The number of Topliss-reactive ketones (excluding diaryl/α,β-unsaturated/α-hetero) is 1. The Morgan fingerprint density at radius 1 is 1.13 bits per heavy atom. The Bertz CT molecular complexity index is 1010. The molecule has 0 radical (unpaired) electrons. The van der Waals surface area contributed by atoms with Gasteiger partial charge in [-0.1, -0.05) is 23.4 Å². The van der Waals surface area contributed by atoms with Gasteiger partial charge in [0.2, 0.25) is 17.6 Å². The van der Waals surface area contributed by atoms with Crippen molar-refractivity contribution in [1.82, 2.24) is 19.9 Å². The first kappa shape index (κ1) is 20.4. The molecule has 3 aromatic rings. The third-order valence-electron chi connectivity index (χ3n) is 4.95. The third kappa shape index (κ3) is 5.18. The van der Waals surface area contributed by atoms with Crippen molar-refractivity contribution in [2.45, 2.75) is 13.5 Å². The van der Waals surface area contributed by atoms with Gasteiger partial charge in [0, 0.05) is 37.4 Å². The van der Waals surface area contributed by atoms with Crippen LogP contribution in [0.5, 0.6) is 0 Å². The van der Waals surface area contributed by atoms with Gasteiger partial charge in [-0.05, 0) is 30.5 Å². The van der Waals surface area contributed by atoms with E-state index in [1.807, 2.05) is 17.5 Å². The predicted molar refractivity (Wildman–Crippen MR) is 114 cm³/mol. The fraction of sp³-hybridized carbons (Fsp3) is 0.333. The molecule has 156 valence electrons. The van der Waals surface area contributed by atoms with E-state index >= 15 is 0 Å². The molecule has 0 aliphatic carbocycles. The Morgan fingerprint density at radius 2 is 1.93 bits per heavy atom. The number of hydrogen-bond acceptors (Lipinski definition) is 8. The number of nitrogens with zero attached hydrogens (tertiary/aromatic N) is 4. The van der Waals surface area contributed by atoms with E-state index in [1.54, 1.807) is 35.6 Å². The summed E-state index contributed by atoms with van der Waals surface area (Å²) in [6, 6.07) is 10.9. The number of carbonyl (C=O) groups is 2. The van der Waals surface area contributed by atoms with Crippen LogP contribution in [-0.2, 0) is 11.3 Å². The number of hydrogen-bond donors (Lipinski definition) is 1. The highest BCUT2D eigenvalue weighted by molar-refractivity contribution is 7.13. The van der Waals surface area contributed by atoms with Crippen LogP contribution < -0.4 is 5.32 Å². The zero-order chi connectivity index (χ0) is 20.9. The summed E-state index contributed by atoms with van der Waals surface area (Å²) >= 11 is 1.58. The van der Waals surface area contributed by atoms with E-state index in [1.165, 1.54) is 6.92 Å². The standard InChI is InChI=1S/C21H23N5O3S/c1-15(27)16-4-2-5-17(12-16)22-19(28)13-25-7-9-26(10-8-25)14-20-23-21(24-29-20)18-6-3-11-30-18/h2-6,11-12H,7-10,13-14H2,1H3,(H,22,28). The first-order chi connectivity index (χ1) is 14.6. The first-order valence-corrected chi connectivity index (χ1v) is 10.7. The monoisotopic (exact) mass is 425 g/mol. The van der Waals surface area contributed by atoms with Gasteiger partial charge < -0.3 is 9.84 Å². The van der Waals surface area contributed by atoms with Crippen LogP contribution in [0.2, 0.25) is 0 Å². The lowest BCUT2D eigenvalue weighted by atomic mass is 10.1. The molecule has 1 N–H and O–H groups in total. The summed E-state index contributed by atoms with van der Waals surface area (Å²) < 4.78 is 5.38. The summed E-state index contributed by atoms with van der Waals surface area (Å²) in [4.78, 5) is 33.7. The number of anilines is 1. The van der Waals surface area contributed by atoms with Crippen molar-refractivity contribution in [2.75, 3.05) is 38.0 Å². The van der Waals surface area contributed by atoms with Gasteiger partial charge in [-0.2, -0.15) is 4.98 Å². The van der Waals surface area contributed by atoms with Gasteiger partial charge in [0.25, 0.3) is 0 Å². The molecule has 1 aliphatic heterocycles. The van der Waals surface area contributed by atoms with E-state index in [0.717, 1.165) is 31.1 Å². The zero-order valence-electron chi connectivity index (χ0n) is 16.7. The lowest BCUT2D eigenvalue weighted by Crippen LogP contribution is -2.48. The average molecular weight is 426 g/mol. The van der Waals surface area contributed by atoms with Gasteiger partial charge in [-0.15, -0.1) is 11.3 Å². The molecule has 30 heavy (non-hydrogen) atoms. The molecule has 0 saturated carbocycles. The maximum absolute atomic E-state index is 12.4. The number of benzene rings is 1. The van der Waals surface area contributed by atoms with E-state index in [-0.39, 0.29) is 11.7 Å². The van der Waals surface area contributed by atoms with Crippen molar-refractivity contribution < 1.29 is 14.1 Å². The summed E-state index contributed by atoms with van der Waals surface area (Å²) in [5, 5.41) is 8.91. The van der Waals surface area contributed by atoms with Crippen molar-refractivity contribution in [3.05, 3.63) is 53.2 Å². The second-order valence-electron chi connectivity index (χ2n) is 7.23. The number of aromatic nitrogens is 2. The molecule has 0 atom stereocenters. The lowest BCUT2D eigenvalue weighted by molar-refractivity contribution is -0.117. The van der Waals surface area contributed by atoms with Crippen LogP contribution in [0.1, 0.15) is 23.2 Å². The second-order valence-corrected chi connectivity index (χ2v) is 8.17. The van der Waals surface area contributed by atoms with Gasteiger partial charge in [0.1, 0.15) is 0 Å². The third-order valence-corrected chi connectivity index (χ3v) is 5.82. The van der Waals surface area contributed by atoms with Crippen molar-refractivity contribution >= 4 is 28.7 Å². The molecule has 2 aromatic heterocycles. The minimum absolute atomic E-state index is 0.0222. The summed E-state index contributed by atoms with van der Waals surface area (Å²) in [6.45, 7) is 5.66. The maximum Gasteiger partial charge on any atom is 0.241 e. The second kappa shape index (κ2) is 9.29. The van der Waals surface area contributed by atoms with E-state index in [9.17, 15) is 9.59 Å². The highest BCUT2D eigenvalue weighted by Crippen LogP contribution is 2.21. The van der Waals surface area contributed by atoms with Crippen LogP contribution >= 0.6 is 11.3 Å². The zero-order valence-corrected chi connectivity index (χ0v) is 17.5. The smallest absolute Gasteiger partial charge is 0.241 e. The SMILES string of the molecule is CC(=O)c1cccc(NC(=O)CN2CCN(Cc3nc(-c4cccs4)no3)CC2)c1. The summed E-state index contributed by atoms with van der Waals surface area (Å²) in [6.07, 6.45) is 0. The fourth-order valence-corrected chi connectivity index (χ4v) is 3.99. The van der Waals surface area contributed by atoms with Gasteiger partial charge in [0.05, 0.1) is 18.0 Å². The highest BCUT2D eigenvalue weighted by Gasteiger charge is 2.21. The largest absolute Gasteiger partial charge is 0.338 e. The number of amides is 1. The summed E-state index contributed by atoms with van der Waals surface area (Å²) in [5.41, 5.74) is 1.23. The number of piperazine rings is 1. The molecular weight excluding hydrogens is 402 g/mol. The summed E-state index contributed by atoms with van der Waals surface area (Å²) in [5.74, 6) is 1.13. The number of ketones is 1. The normalized spacial score (nSPS) is 15.2. The molecule has 0 spiro atoms. The number of thiophene rings is 1. The van der Waals surface area contributed by atoms with Crippen molar-refractivity contribution in [2.24, 2.45) is 0 Å². The van der Waals surface area contributed by atoms with Gasteiger partial charge in [-0.25, -0.2) is 0 Å². The van der Waals surface area contributed by atoms with Crippen LogP contribution in [0.15, 0.2) is 46.3 Å². The van der Waals surface area contributed by atoms with Gasteiger partial charge >= 0.3 is 0 Å². The molecule has 1 saturated heterocycles. The van der Waals surface area contributed by atoms with Crippen LogP contribution in [-0.4, -0.2) is 64.4 Å². The molecule has 9 heteroatoms. The van der Waals surface area contributed by atoms with Gasteiger partial charge in [0.15, 0.2) is 5.78 Å². The molecule has 1 amide bonds. The number of nitrogens with one attached hydrogen (secondary N) is 1. The number of carbonyl (C=O) groups excluding carboxylic acids is 2. The molecule has 0 unspecified atom stereocenters. The fourth-order valence-electron chi connectivity index (χ4n) is 3.34. The minimum atomic E-state index is -0.0818. The molecule has 3 heterocycles. The van der Waals surface area contributed by atoms with E-state index in [0.29, 0.717) is 36.1 Å². The molecule has 1 fully saturated rings. The average Bonchev–Trinajstić information content (AvgIpc) is 3.41. The highest BCUT2D eigenvalue weighted by atomic mass is 32.1. The topological polar surface area (TPSA) is 91.6 Å². The van der Waals surface area contributed by atoms with Crippen LogP contribution in [0.25, 0.3) is 10.7 Å². The van der Waals surface area contributed by atoms with Crippen molar-refractivity contribution in [3.63, 3.8) is 0 Å². The quantitative estimate of drug-likeness (QED) is 0.582. The first-order valence-electron chi connectivity index (χ1n) is 9.79. The van der Waals surface area contributed by atoms with E-state index in [2.05, 4.69) is 25.3 Å². The van der Waals surface area contributed by atoms with E-state index < -0.39 is 0 Å². The van der Waals surface area contributed by atoms with Crippen LogP contribution in [0.4, 0.5) is 5.69 Å². The van der Waals surface area contributed by atoms with Gasteiger partial charge in [-0.3, -0.25) is 19.4 Å². The maximum atomic E-state index is 12.4. The molecule has 1 aromatic carbocycles. The Balaban J connectivity index is 1.23. The molecule has 4 rings (SSSR count). The minimum Gasteiger partial charge on any atom is -0.338 e. The number of rotatable bonds is 7. The van der Waals surface area contributed by atoms with Crippen LogP contribution in [0, 0.1) is 0 Å². The molecule has 1 aliphatic rings. The van der Waals surface area contributed by atoms with Crippen molar-refractivity contribution in [1.29, 1.82) is 0 Å². The predicted octanol–water partition coefficient (Wildman–Crippen LogP) is 2.76. The Morgan fingerprint density at radius 3 is 2.67 bits per heavy atom. The Hall–Kier alpha value is -2.88. The Labute approximate surface area is 178 Å². The van der Waals surface area contributed by atoms with Crippen LogP contribution in [0.3, 0.4) is 0 Å². The molecule has 0 bridgehead atoms. The summed E-state index contributed by atoms with van der Waals surface area (Å²) in [7, 11) is 0. The Kier molecular flexibility index (Phi) is 6.32. The molecular formula is C21H23N5O3S.